The molecule has 23 heavy (non-hydrogen) atoms. The van der Waals surface area contributed by atoms with E-state index in [0.29, 0.717) is 24.2 Å². The third-order valence-corrected chi connectivity index (χ3v) is 2.95. The topological polar surface area (TPSA) is 109 Å². The standard InChI is InChI=1S/C16H22N2O5/c1-4-6-13(15(19)20)22-12-8-5-7-11(9-12)14(17)18-23-16(21)10(2)3/h5,7-10,13H,4,6H2,1-3H3,(H2,17,18)(H,19,20). The second-order valence-electron chi connectivity index (χ2n) is 5.31. The highest BCUT2D eigenvalue weighted by Crippen LogP contribution is 2.17. The number of carboxylic acids is 1. The predicted octanol–water partition coefficient (Wildman–Crippen LogP) is 2.35. The number of hydrogen-bond donors (Lipinski definition) is 3. The molecule has 0 heterocycles. The Balaban J connectivity index is 2.73. The molecule has 1 atom stereocenters. The van der Waals surface area contributed by atoms with Gasteiger partial charge in [-0.3, -0.25) is 5.41 Å². The van der Waals surface area contributed by atoms with Crippen LogP contribution in [0, 0.1) is 11.3 Å². The van der Waals surface area contributed by atoms with Gasteiger partial charge < -0.3 is 14.7 Å². The smallest absolute Gasteiger partial charge is 0.344 e. The molecular formula is C16H22N2O5. The summed E-state index contributed by atoms with van der Waals surface area (Å²) in [6, 6.07) is 6.39. The molecule has 0 bridgehead atoms. The first-order valence-electron chi connectivity index (χ1n) is 7.40. The number of carbonyl (C=O) groups is 2. The molecule has 0 aromatic heterocycles. The van der Waals surface area contributed by atoms with E-state index in [9.17, 15) is 9.59 Å². The Bertz CT molecular complexity index is 571. The lowest BCUT2D eigenvalue weighted by Crippen LogP contribution is -2.29. The SMILES string of the molecule is CCCC(Oc1cccc(C(=N)NOC(=O)C(C)C)c1)C(=O)O. The maximum Gasteiger partial charge on any atom is 0.344 e. The number of rotatable bonds is 7. The molecular weight excluding hydrogens is 300 g/mol. The third-order valence-electron chi connectivity index (χ3n) is 2.95. The van der Waals surface area contributed by atoms with Gasteiger partial charge in [-0.2, -0.15) is 0 Å². The first-order valence-corrected chi connectivity index (χ1v) is 7.40. The average molecular weight is 322 g/mol. The normalized spacial score (nSPS) is 11.7. The van der Waals surface area contributed by atoms with Gasteiger partial charge in [0.1, 0.15) is 5.75 Å². The Morgan fingerprint density at radius 2 is 2.04 bits per heavy atom. The fraction of sp³-hybridized carbons (Fsp3) is 0.438. The van der Waals surface area contributed by atoms with Crippen LogP contribution >= 0.6 is 0 Å². The zero-order chi connectivity index (χ0) is 17.4. The highest BCUT2D eigenvalue weighted by molar-refractivity contribution is 5.96. The fourth-order valence-electron chi connectivity index (χ4n) is 1.66. The first kappa shape index (κ1) is 18.5. The second-order valence-corrected chi connectivity index (χ2v) is 5.31. The molecule has 3 N–H and O–H groups in total. The summed E-state index contributed by atoms with van der Waals surface area (Å²) in [5, 5.41) is 17.0. The van der Waals surface area contributed by atoms with Crippen molar-refractivity contribution in [1.82, 2.24) is 5.48 Å². The van der Waals surface area contributed by atoms with E-state index >= 15 is 0 Å². The van der Waals surface area contributed by atoms with Gasteiger partial charge in [0.15, 0.2) is 11.9 Å². The number of carboxylic acid groups (broad SMARTS) is 1. The average Bonchev–Trinajstić information content (AvgIpc) is 2.51. The van der Waals surface area contributed by atoms with E-state index in [1.54, 1.807) is 32.0 Å². The highest BCUT2D eigenvalue weighted by Gasteiger charge is 2.18. The molecule has 1 unspecified atom stereocenters. The van der Waals surface area contributed by atoms with Crippen molar-refractivity contribution in [2.75, 3.05) is 0 Å². The zero-order valence-corrected chi connectivity index (χ0v) is 13.5. The Hall–Kier alpha value is -2.57. The van der Waals surface area contributed by atoms with Crippen LogP contribution in [0.15, 0.2) is 24.3 Å². The molecule has 1 rings (SSSR count). The zero-order valence-electron chi connectivity index (χ0n) is 13.5. The van der Waals surface area contributed by atoms with Gasteiger partial charge in [-0.15, -0.1) is 0 Å². The number of nitrogens with one attached hydrogen (secondary N) is 2. The number of ether oxygens (including phenoxy) is 1. The summed E-state index contributed by atoms with van der Waals surface area (Å²) in [7, 11) is 0. The van der Waals surface area contributed by atoms with Crippen molar-refractivity contribution in [1.29, 1.82) is 5.41 Å². The molecule has 0 radical (unpaired) electrons. The summed E-state index contributed by atoms with van der Waals surface area (Å²) in [6.45, 7) is 5.24. The Morgan fingerprint density at radius 3 is 2.61 bits per heavy atom. The van der Waals surface area contributed by atoms with Gasteiger partial charge in [-0.1, -0.05) is 39.3 Å². The fourth-order valence-corrected chi connectivity index (χ4v) is 1.66. The maximum absolute atomic E-state index is 11.4. The second kappa shape index (κ2) is 8.77. The summed E-state index contributed by atoms with van der Waals surface area (Å²) >= 11 is 0. The minimum absolute atomic E-state index is 0.119. The van der Waals surface area contributed by atoms with Crippen LogP contribution in [-0.2, 0) is 14.4 Å². The minimum Gasteiger partial charge on any atom is -0.479 e. The molecule has 0 amide bonds. The Labute approximate surface area is 135 Å². The molecule has 1 aromatic rings. The van der Waals surface area contributed by atoms with E-state index in [2.05, 4.69) is 5.48 Å². The lowest BCUT2D eigenvalue weighted by Gasteiger charge is -2.15. The maximum atomic E-state index is 11.4. The number of hydroxylamine groups is 1. The molecule has 0 aliphatic rings. The van der Waals surface area contributed by atoms with Crippen molar-refractivity contribution >= 4 is 17.8 Å². The van der Waals surface area contributed by atoms with E-state index in [1.807, 2.05) is 6.92 Å². The molecule has 1 aromatic carbocycles. The molecule has 0 spiro atoms. The van der Waals surface area contributed by atoms with Crippen molar-refractivity contribution < 1.29 is 24.3 Å². The van der Waals surface area contributed by atoms with Gasteiger partial charge in [-0.05, 0) is 18.6 Å². The molecule has 0 saturated heterocycles. The molecule has 0 aliphatic carbocycles. The lowest BCUT2D eigenvalue weighted by atomic mass is 10.2. The summed E-state index contributed by atoms with van der Waals surface area (Å²) < 4.78 is 5.44. The highest BCUT2D eigenvalue weighted by atomic mass is 16.7. The summed E-state index contributed by atoms with van der Waals surface area (Å²) in [5.74, 6) is -1.60. The van der Waals surface area contributed by atoms with Gasteiger partial charge >= 0.3 is 11.9 Å². The molecule has 126 valence electrons. The van der Waals surface area contributed by atoms with Crippen LogP contribution in [-0.4, -0.2) is 29.0 Å². The largest absolute Gasteiger partial charge is 0.479 e. The molecule has 7 heteroatoms. The van der Waals surface area contributed by atoms with Gasteiger partial charge in [0.2, 0.25) is 0 Å². The van der Waals surface area contributed by atoms with Crippen LogP contribution < -0.4 is 10.2 Å². The van der Waals surface area contributed by atoms with E-state index in [-0.39, 0.29) is 11.8 Å². The summed E-state index contributed by atoms with van der Waals surface area (Å²) in [4.78, 5) is 27.3. The van der Waals surface area contributed by atoms with Gasteiger partial charge in [0, 0.05) is 5.56 Å². The first-order chi connectivity index (χ1) is 10.8. The van der Waals surface area contributed by atoms with E-state index < -0.39 is 18.0 Å². The van der Waals surface area contributed by atoms with Crippen molar-refractivity contribution in [2.24, 2.45) is 5.92 Å². The summed E-state index contributed by atoms with van der Waals surface area (Å²) in [6.07, 6.45) is 0.136. The molecule has 0 aliphatic heterocycles. The Kier molecular flexibility index (Phi) is 7.05. The van der Waals surface area contributed by atoms with Crippen molar-refractivity contribution in [3.05, 3.63) is 29.8 Å². The van der Waals surface area contributed by atoms with Crippen molar-refractivity contribution in [3.63, 3.8) is 0 Å². The van der Waals surface area contributed by atoms with Crippen LogP contribution in [0.5, 0.6) is 5.75 Å². The third kappa shape index (κ3) is 5.98. The quantitative estimate of drug-likeness (QED) is 0.404. The number of amidine groups is 1. The van der Waals surface area contributed by atoms with Crippen LogP contribution in [0.25, 0.3) is 0 Å². The van der Waals surface area contributed by atoms with Crippen LogP contribution in [0.4, 0.5) is 0 Å². The van der Waals surface area contributed by atoms with Gasteiger partial charge in [0.05, 0.1) is 5.92 Å². The van der Waals surface area contributed by atoms with Crippen molar-refractivity contribution in [2.45, 2.75) is 39.7 Å². The van der Waals surface area contributed by atoms with Crippen LogP contribution in [0.1, 0.15) is 39.2 Å². The number of hydrogen-bond acceptors (Lipinski definition) is 5. The number of benzene rings is 1. The van der Waals surface area contributed by atoms with E-state index in [1.165, 1.54) is 6.07 Å². The monoisotopic (exact) mass is 322 g/mol. The van der Waals surface area contributed by atoms with Gasteiger partial charge in [-0.25, -0.2) is 15.1 Å². The van der Waals surface area contributed by atoms with Crippen LogP contribution in [0.3, 0.4) is 0 Å². The minimum atomic E-state index is -1.03. The summed E-state index contributed by atoms with van der Waals surface area (Å²) in [5.41, 5.74) is 2.69. The Morgan fingerprint density at radius 1 is 1.35 bits per heavy atom. The number of aliphatic carboxylic acids is 1. The van der Waals surface area contributed by atoms with Crippen molar-refractivity contribution in [3.8, 4) is 5.75 Å². The van der Waals surface area contributed by atoms with Gasteiger partial charge in [0.25, 0.3) is 0 Å². The molecule has 0 saturated carbocycles. The van der Waals surface area contributed by atoms with E-state index in [4.69, 9.17) is 20.1 Å². The molecule has 7 nitrogen and oxygen atoms in total. The van der Waals surface area contributed by atoms with Crippen LogP contribution in [0.2, 0.25) is 0 Å². The molecule has 0 fully saturated rings. The number of carbonyl (C=O) groups excluding carboxylic acids is 1. The predicted molar refractivity (Wildman–Crippen MR) is 84.3 cm³/mol. The van der Waals surface area contributed by atoms with E-state index in [0.717, 1.165) is 0 Å². The lowest BCUT2D eigenvalue weighted by molar-refractivity contribution is -0.151.